The first kappa shape index (κ1) is 25.2. The third-order valence-corrected chi connectivity index (χ3v) is 5.46. The fraction of sp³-hybridized carbons (Fsp3) is 0.125. The summed E-state index contributed by atoms with van der Waals surface area (Å²) in [5.74, 6) is 0.890. The summed E-state index contributed by atoms with van der Waals surface area (Å²) in [7, 11) is 1.56. The minimum absolute atomic E-state index is 0.0660. The predicted molar refractivity (Wildman–Crippen MR) is 140 cm³/mol. The number of halogens is 1. The van der Waals surface area contributed by atoms with Gasteiger partial charge in [-0.3, -0.25) is 25.8 Å². The van der Waals surface area contributed by atoms with Gasteiger partial charge in [-0.15, -0.1) is 0 Å². The fourth-order valence-electron chi connectivity index (χ4n) is 2.80. The second-order valence-corrected chi connectivity index (χ2v) is 8.29. The molecule has 0 saturated carbocycles. The van der Waals surface area contributed by atoms with Crippen molar-refractivity contribution in [3.63, 3.8) is 0 Å². The van der Waals surface area contributed by atoms with Crippen LogP contribution in [0.25, 0.3) is 0 Å². The van der Waals surface area contributed by atoms with Gasteiger partial charge in [-0.25, -0.2) is 0 Å². The summed E-state index contributed by atoms with van der Waals surface area (Å²) in [4.78, 5) is 25.0. The zero-order chi connectivity index (χ0) is 24.3. The molecule has 0 radical (unpaired) electrons. The number of carbonyl (C=O) groups excluding carboxylic acids is 2. The van der Waals surface area contributed by atoms with Gasteiger partial charge in [-0.1, -0.05) is 30.3 Å². The lowest BCUT2D eigenvalue weighted by Gasteiger charge is -2.14. The number of hydrogen-bond donors (Lipinski definition) is 3. The Bertz CT molecular complexity index is 1160. The number of para-hydroxylation sites is 2. The van der Waals surface area contributed by atoms with E-state index in [-0.39, 0.29) is 11.7 Å². The van der Waals surface area contributed by atoms with Gasteiger partial charge in [-0.05, 0) is 77.3 Å². The molecule has 8 nitrogen and oxygen atoms in total. The van der Waals surface area contributed by atoms with Crippen LogP contribution in [-0.4, -0.2) is 37.3 Å². The van der Waals surface area contributed by atoms with Crippen molar-refractivity contribution in [3.05, 3.63) is 87.5 Å². The summed E-state index contributed by atoms with van der Waals surface area (Å²) in [6, 6.07) is 21.1. The molecule has 0 bridgehead atoms. The first-order valence-corrected chi connectivity index (χ1v) is 11.6. The topological polar surface area (TPSA) is 97.9 Å². The van der Waals surface area contributed by atoms with E-state index in [1.165, 1.54) is 0 Å². The van der Waals surface area contributed by atoms with E-state index in [1.54, 1.807) is 49.6 Å². The largest absolute Gasteiger partial charge is 0.496 e. The monoisotopic (exact) mass is 591 g/mol. The van der Waals surface area contributed by atoms with Gasteiger partial charge in [0.05, 0.1) is 16.2 Å². The molecule has 0 aliphatic heterocycles. The Hall–Kier alpha value is -3.38. The Balaban J connectivity index is 1.49. The molecule has 0 aliphatic carbocycles. The van der Waals surface area contributed by atoms with Crippen molar-refractivity contribution in [1.82, 2.24) is 16.2 Å². The molecule has 3 aromatic rings. The highest BCUT2D eigenvalue weighted by Gasteiger charge is 2.15. The summed E-state index contributed by atoms with van der Waals surface area (Å²) < 4.78 is 17.3. The third-order valence-electron chi connectivity index (χ3n) is 4.42. The molecular formula is C24H22IN3O5S. The van der Waals surface area contributed by atoms with E-state index in [2.05, 4.69) is 38.8 Å². The van der Waals surface area contributed by atoms with Crippen molar-refractivity contribution in [2.24, 2.45) is 0 Å². The summed E-state index contributed by atoms with van der Waals surface area (Å²) in [5, 5.41) is 2.46. The van der Waals surface area contributed by atoms with Gasteiger partial charge in [0.25, 0.3) is 11.8 Å². The number of rotatable bonds is 8. The SMILES string of the molecule is COc1ccc(C(=O)NNC(=S)NC(=O)c2ccccc2OCCOc2ccccc2)cc1I. The Morgan fingerprint density at radius 2 is 1.56 bits per heavy atom. The molecule has 10 heteroatoms. The first-order chi connectivity index (χ1) is 16.5. The van der Waals surface area contributed by atoms with Crippen LogP contribution in [0.1, 0.15) is 20.7 Å². The van der Waals surface area contributed by atoms with Gasteiger partial charge in [0.1, 0.15) is 30.5 Å². The lowest BCUT2D eigenvalue weighted by atomic mass is 10.2. The highest BCUT2D eigenvalue weighted by Crippen LogP contribution is 2.21. The average molecular weight is 591 g/mol. The molecule has 34 heavy (non-hydrogen) atoms. The molecule has 0 atom stereocenters. The molecular weight excluding hydrogens is 569 g/mol. The zero-order valence-electron chi connectivity index (χ0n) is 18.2. The molecule has 0 heterocycles. The Kier molecular flexibility index (Phi) is 9.47. The van der Waals surface area contributed by atoms with Crippen LogP contribution in [0.3, 0.4) is 0 Å². The second kappa shape index (κ2) is 12.8. The standard InChI is InChI=1S/C24H22IN3O5S/c1-31-21-12-11-16(15-19(21)25)22(29)27-28-24(34)26-23(30)18-9-5-6-10-20(18)33-14-13-32-17-7-3-2-4-8-17/h2-12,15H,13-14H2,1H3,(H,27,29)(H2,26,28,30,34). The summed E-state index contributed by atoms with van der Waals surface area (Å²) in [5.41, 5.74) is 5.68. The van der Waals surface area contributed by atoms with E-state index in [0.717, 1.165) is 9.32 Å². The average Bonchev–Trinajstić information content (AvgIpc) is 2.86. The van der Waals surface area contributed by atoms with Crippen LogP contribution in [-0.2, 0) is 0 Å². The Morgan fingerprint density at radius 1 is 0.853 bits per heavy atom. The molecule has 0 spiro atoms. The molecule has 2 amide bonds. The molecule has 0 unspecified atom stereocenters. The van der Waals surface area contributed by atoms with Crippen molar-refractivity contribution >= 4 is 51.7 Å². The lowest BCUT2D eigenvalue weighted by molar-refractivity contribution is 0.0933. The fourth-order valence-corrected chi connectivity index (χ4v) is 3.68. The first-order valence-electron chi connectivity index (χ1n) is 10.1. The number of methoxy groups -OCH3 is 1. The highest BCUT2D eigenvalue weighted by atomic mass is 127. The predicted octanol–water partition coefficient (Wildman–Crippen LogP) is 3.71. The number of ether oxygens (including phenoxy) is 3. The number of nitrogens with one attached hydrogen (secondary N) is 3. The maximum atomic E-state index is 12.7. The molecule has 3 rings (SSSR count). The van der Waals surface area contributed by atoms with E-state index in [1.807, 2.05) is 30.3 Å². The van der Waals surface area contributed by atoms with Crippen LogP contribution in [0.15, 0.2) is 72.8 Å². The maximum absolute atomic E-state index is 12.7. The highest BCUT2D eigenvalue weighted by molar-refractivity contribution is 14.1. The minimum atomic E-state index is -0.481. The number of hydrogen-bond acceptors (Lipinski definition) is 6. The number of thiocarbonyl (C=S) groups is 1. The van der Waals surface area contributed by atoms with Crippen molar-refractivity contribution in [3.8, 4) is 17.2 Å². The van der Waals surface area contributed by atoms with Gasteiger partial charge < -0.3 is 14.2 Å². The molecule has 176 valence electrons. The van der Waals surface area contributed by atoms with Crippen LogP contribution in [0, 0.1) is 3.57 Å². The molecule has 0 aromatic heterocycles. The number of benzene rings is 3. The van der Waals surface area contributed by atoms with Crippen molar-refractivity contribution in [1.29, 1.82) is 0 Å². The normalized spacial score (nSPS) is 10.1. The molecule has 3 aromatic carbocycles. The van der Waals surface area contributed by atoms with Crippen molar-refractivity contribution in [2.75, 3.05) is 20.3 Å². The summed E-state index contributed by atoms with van der Waals surface area (Å²) in [6.45, 7) is 0.564. The number of hydrazine groups is 1. The van der Waals surface area contributed by atoms with Crippen LogP contribution < -0.4 is 30.4 Å². The summed E-state index contributed by atoms with van der Waals surface area (Å²) >= 11 is 7.20. The van der Waals surface area contributed by atoms with Gasteiger partial charge in [0.2, 0.25) is 0 Å². The van der Waals surface area contributed by atoms with Gasteiger partial charge in [0, 0.05) is 5.56 Å². The Morgan fingerprint density at radius 3 is 2.29 bits per heavy atom. The zero-order valence-corrected chi connectivity index (χ0v) is 21.1. The molecule has 0 fully saturated rings. The quantitative estimate of drug-likeness (QED) is 0.159. The minimum Gasteiger partial charge on any atom is -0.496 e. The van der Waals surface area contributed by atoms with Gasteiger partial charge >= 0.3 is 0 Å². The van der Waals surface area contributed by atoms with Crippen LogP contribution in [0.4, 0.5) is 0 Å². The molecule has 0 saturated heterocycles. The second-order valence-electron chi connectivity index (χ2n) is 6.72. The summed E-state index contributed by atoms with van der Waals surface area (Å²) in [6.07, 6.45) is 0. The van der Waals surface area contributed by atoms with Crippen LogP contribution in [0.2, 0.25) is 0 Å². The van der Waals surface area contributed by atoms with Gasteiger partial charge in [0.15, 0.2) is 5.11 Å². The van der Waals surface area contributed by atoms with E-state index in [4.69, 9.17) is 26.4 Å². The van der Waals surface area contributed by atoms with Crippen molar-refractivity contribution < 1.29 is 23.8 Å². The molecule has 0 aliphatic rings. The van der Waals surface area contributed by atoms with Gasteiger partial charge in [-0.2, -0.15) is 0 Å². The maximum Gasteiger partial charge on any atom is 0.269 e. The Labute approximate surface area is 216 Å². The number of carbonyl (C=O) groups is 2. The van der Waals surface area contributed by atoms with Crippen LogP contribution in [0.5, 0.6) is 17.2 Å². The van der Waals surface area contributed by atoms with E-state index >= 15 is 0 Å². The smallest absolute Gasteiger partial charge is 0.269 e. The van der Waals surface area contributed by atoms with Crippen molar-refractivity contribution in [2.45, 2.75) is 0 Å². The molecule has 3 N–H and O–H groups in total. The lowest BCUT2D eigenvalue weighted by Crippen LogP contribution is -2.48. The van der Waals surface area contributed by atoms with Crippen LogP contribution >= 0.6 is 34.8 Å². The van der Waals surface area contributed by atoms with E-state index in [0.29, 0.717) is 29.2 Å². The number of amides is 2. The van der Waals surface area contributed by atoms with E-state index in [9.17, 15) is 9.59 Å². The van der Waals surface area contributed by atoms with E-state index < -0.39 is 11.8 Å². The third kappa shape index (κ3) is 7.32.